The highest BCUT2D eigenvalue weighted by Crippen LogP contribution is 2.38. The van der Waals surface area contributed by atoms with Crippen LogP contribution >= 0.6 is 10.8 Å². The number of anilines is 1. The van der Waals surface area contributed by atoms with Gasteiger partial charge in [-0.15, -0.1) is 0 Å². The quantitative estimate of drug-likeness (QED) is 0.822. The third kappa shape index (κ3) is 2.73. The molecule has 0 amide bonds. The molecular weight excluding hydrogens is 287 g/mol. The molecule has 0 aromatic heterocycles. The lowest BCUT2D eigenvalue weighted by Crippen LogP contribution is -2.42. The zero-order chi connectivity index (χ0) is 13.5. The molecule has 0 saturated heterocycles. The summed E-state index contributed by atoms with van der Waals surface area (Å²) in [5.74, 6) is -0.535. The Kier molecular flexibility index (Phi) is 3.44. The molecule has 0 radical (unpaired) electrons. The van der Waals surface area contributed by atoms with E-state index in [0.717, 1.165) is 29.7 Å². The fraction of sp³-hybridized carbons (Fsp3) is 0.500. The molecule has 1 atom stereocenters. The molecule has 1 aliphatic carbocycles. The number of nitrogens with one attached hydrogen (secondary N) is 2. The van der Waals surface area contributed by atoms with E-state index >= 15 is 0 Å². The number of rotatable bonds is 2. The molecule has 1 fully saturated rings. The lowest BCUT2D eigenvalue weighted by atomic mass is 10.2. The third-order valence-electron chi connectivity index (χ3n) is 3.46. The Morgan fingerprint density at radius 2 is 2.05 bits per heavy atom. The van der Waals surface area contributed by atoms with Crippen molar-refractivity contribution in [2.45, 2.75) is 42.1 Å². The van der Waals surface area contributed by atoms with E-state index in [1.165, 1.54) is 25.0 Å². The molecule has 3 rings (SSSR count). The summed E-state index contributed by atoms with van der Waals surface area (Å²) in [7, 11) is -2.69. The molecule has 1 aromatic rings. The fourth-order valence-electron chi connectivity index (χ4n) is 2.54. The number of benzene rings is 1. The topological polar surface area (TPSA) is 58.2 Å². The van der Waals surface area contributed by atoms with Gasteiger partial charge in [0.25, 0.3) is 0 Å². The van der Waals surface area contributed by atoms with Crippen LogP contribution in [0.15, 0.2) is 23.1 Å². The predicted molar refractivity (Wildman–Crippen MR) is 74.0 cm³/mol. The first-order chi connectivity index (χ1) is 9.04. The number of fused-ring (bicyclic) bond motifs is 1. The van der Waals surface area contributed by atoms with Gasteiger partial charge in [-0.05, 0) is 31.0 Å². The number of hydrogen-bond acceptors (Lipinski definition) is 5. The molecule has 7 heteroatoms. The van der Waals surface area contributed by atoms with Crippen LogP contribution in [0.3, 0.4) is 0 Å². The lowest BCUT2D eigenvalue weighted by molar-refractivity contribution is 0.526. The van der Waals surface area contributed by atoms with Crippen molar-refractivity contribution < 1.29 is 12.8 Å². The number of hydrogen-bond donors (Lipinski definition) is 2. The summed E-state index contributed by atoms with van der Waals surface area (Å²) in [6.07, 6.45) is 4.53. The van der Waals surface area contributed by atoms with Crippen molar-refractivity contribution in [1.82, 2.24) is 5.32 Å². The normalized spacial score (nSPS) is 25.8. The zero-order valence-electron chi connectivity index (χ0n) is 10.2. The van der Waals surface area contributed by atoms with Gasteiger partial charge >= 0.3 is 0 Å². The molecule has 1 unspecified atom stereocenters. The Hall–Kier alpha value is -0.790. The Morgan fingerprint density at radius 3 is 2.79 bits per heavy atom. The van der Waals surface area contributed by atoms with Crippen molar-refractivity contribution >= 4 is 25.4 Å². The minimum Gasteiger partial charge on any atom is -0.359 e. The molecular formula is C12H15FN2O2S2. The first kappa shape index (κ1) is 13.2. The summed E-state index contributed by atoms with van der Waals surface area (Å²) >= 11 is 0. The van der Waals surface area contributed by atoms with Crippen LogP contribution < -0.4 is 10.6 Å². The maximum Gasteiger partial charge on any atom is 0.235 e. The highest BCUT2D eigenvalue weighted by molar-refractivity contribution is 8.72. The Morgan fingerprint density at radius 1 is 1.32 bits per heavy atom. The molecule has 0 bridgehead atoms. The molecule has 4 nitrogen and oxygen atoms in total. The van der Waals surface area contributed by atoms with Crippen LogP contribution in [0.4, 0.5) is 10.1 Å². The molecule has 2 aliphatic rings. The van der Waals surface area contributed by atoms with Crippen molar-refractivity contribution in [2.24, 2.45) is 0 Å². The largest absolute Gasteiger partial charge is 0.359 e. The fourth-order valence-corrected chi connectivity index (χ4v) is 5.77. The van der Waals surface area contributed by atoms with Crippen LogP contribution in [-0.4, -0.2) is 20.0 Å². The molecule has 1 heterocycles. The SMILES string of the molecule is O=S1(=O)SC(NC2CCCC2)Nc2ccc(F)cc21. The van der Waals surface area contributed by atoms with E-state index < -0.39 is 14.7 Å². The smallest absolute Gasteiger partial charge is 0.235 e. The number of halogens is 1. The molecule has 0 spiro atoms. The summed E-state index contributed by atoms with van der Waals surface area (Å²) in [6, 6.07) is 4.17. The van der Waals surface area contributed by atoms with E-state index in [1.807, 2.05) is 0 Å². The van der Waals surface area contributed by atoms with Crippen molar-refractivity contribution in [3.05, 3.63) is 24.0 Å². The van der Waals surface area contributed by atoms with Gasteiger partial charge in [0.2, 0.25) is 8.87 Å². The van der Waals surface area contributed by atoms with Crippen molar-refractivity contribution in [1.29, 1.82) is 0 Å². The average Bonchev–Trinajstić information content (AvgIpc) is 2.82. The van der Waals surface area contributed by atoms with Gasteiger partial charge in [-0.25, -0.2) is 12.8 Å². The van der Waals surface area contributed by atoms with Crippen molar-refractivity contribution in [3.8, 4) is 0 Å². The summed E-state index contributed by atoms with van der Waals surface area (Å²) in [5, 5.41) is 6.42. The second-order valence-corrected chi connectivity index (χ2v) is 8.77. The highest BCUT2D eigenvalue weighted by atomic mass is 33.1. The van der Waals surface area contributed by atoms with Gasteiger partial charge in [-0.2, -0.15) is 0 Å². The summed E-state index contributed by atoms with van der Waals surface area (Å²) < 4.78 is 37.4. The molecule has 2 N–H and O–H groups in total. The average molecular weight is 302 g/mol. The second-order valence-electron chi connectivity index (χ2n) is 4.86. The first-order valence-electron chi connectivity index (χ1n) is 6.30. The lowest BCUT2D eigenvalue weighted by Gasteiger charge is -2.29. The van der Waals surface area contributed by atoms with Crippen molar-refractivity contribution in [2.75, 3.05) is 5.32 Å². The van der Waals surface area contributed by atoms with Gasteiger partial charge in [-0.1, -0.05) is 12.8 Å². The molecule has 1 aromatic carbocycles. The Bertz CT molecular complexity index is 585. The molecule has 104 valence electrons. The van der Waals surface area contributed by atoms with Gasteiger partial charge in [0.1, 0.15) is 16.2 Å². The standard InChI is InChI=1S/C12H15FN2O2S2/c13-8-5-6-10-11(7-8)19(16,17)18-12(15-10)14-9-3-1-2-4-9/h5-7,9,12,14-15H,1-4H2. The summed E-state index contributed by atoms with van der Waals surface area (Å²) in [5.41, 5.74) is 0.0988. The Labute approximate surface area is 115 Å². The maximum atomic E-state index is 13.1. The van der Waals surface area contributed by atoms with Crippen molar-refractivity contribution in [3.63, 3.8) is 0 Å². The minimum atomic E-state index is -3.50. The van der Waals surface area contributed by atoms with E-state index in [2.05, 4.69) is 10.6 Å². The van der Waals surface area contributed by atoms with E-state index in [4.69, 9.17) is 0 Å². The molecule has 1 aliphatic heterocycles. The van der Waals surface area contributed by atoms with Gasteiger partial charge < -0.3 is 5.32 Å². The maximum absolute atomic E-state index is 13.1. The monoisotopic (exact) mass is 302 g/mol. The van der Waals surface area contributed by atoms with E-state index in [9.17, 15) is 12.8 Å². The van der Waals surface area contributed by atoms with Crippen LogP contribution in [0.1, 0.15) is 25.7 Å². The van der Waals surface area contributed by atoms with Crippen LogP contribution in [0.5, 0.6) is 0 Å². The van der Waals surface area contributed by atoms with E-state index in [1.54, 1.807) is 0 Å². The van der Waals surface area contributed by atoms with Crippen LogP contribution in [0, 0.1) is 5.82 Å². The third-order valence-corrected chi connectivity index (χ3v) is 6.92. The van der Waals surface area contributed by atoms with E-state index in [-0.39, 0.29) is 10.4 Å². The van der Waals surface area contributed by atoms with Gasteiger partial charge in [0.15, 0.2) is 0 Å². The first-order valence-corrected chi connectivity index (χ1v) is 9.18. The van der Waals surface area contributed by atoms with Crippen LogP contribution in [0.25, 0.3) is 0 Å². The van der Waals surface area contributed by atoms with Crippen LogP contribution in [-0.2, 0) is 8.87 Å². The van der Waals surface area contributed by atoms with Crippen LogP contribution in [0.2, 0.25) is 0 Å². The minimum absolute atomic E-state index is 0.0296. The molecule has 19 heavy (non-hydrogen) atoms. The molecule has 1 saturated carbocycles. The van der Waals surface area contributed by atoms with Gasteiger partial charge in [0, 0.05) is 16.8 Å². The summed E-state index contributed by atoms with van der Waals surface area (Å²) in [4.78, 5) is 0.0296. The Balaban J connectivity index is 1.84. The summed E-state index contributed by atoms with van der Waals surface area (Å²) in [6.45, 7) is 0. The zero-order valence-corrected chi connectivity index (χ0v) is 11.9. The van der Waals surface area contributed by atoms with Gasteiger partial charge in [-0.3, -0.25) is 5.32 Å². The van der Waals surface area contributed by atoms with E-state index in [0.29, 0.717) is 11.7 Å². The second kappa shape index (κ2) is 4.96. The highest BCUT2D eigenvalue weighted by Gasteiger charge is 2.32. The predicted octanol–water partition coefficient (Wildman–Crippen LogP) is 2.49. The van der Waals surface area contributed by atoms with Gasteiger partial charge in [0.05, 0.1) is 5.69 Å².